The molecule has 0 spiro atoms. The predicted octanol–water partition coefficient (Wildman–Crippen LogP) is 2.53. The van der Waals surface area contributed by atoms with Crippen LogP contribution in [0.1, 0.15) is 39.1 Å². The van der Waals surface area contributed by atoms with Gasteiger partial charge < -0.3 is 14.6 Å². The van der Waals surface area contributed by atoms with E-state index in [9.17, 15) is 19.7 Å². The van der Waals surface area contributed by atoms with E-state index in [1.54, 1.807) is 24.0 Å². The third kappa shape index (κ3) is 3.58. The first-order chi connectivity index (χ1) is 12.5. The smallest absolute Gasteiger partial charge is 0.273 e. The van der Waals surface area contributed by atoms with Crippen LogP contribution in [-0.4, -0.2) is 40.8 Å². The fourth-order valence-electron chi connectivity index (χ4n) is 3.13. The molecule has 8 nitrogen and oxygen atoms in total. The van der Waals surface area contributed by atoms with Gasteiger partial charge in [-0.05, 0) is 31.9 Å². The van der Waals surface area contributed by atoms with Crippen molar-refractivity contribution in [1.29, 1.82) is 0 Å². The van der Waals surface area contributed by atoms with Gasteiger partial charge in [0.2, 0.25) is 0 Å². The number of nitrogens with one attached hydrogen (secondary N) is 1. The Morgan fingerprint density at radius 2 is 2.00 bits per heavy atom. The number of amides is 2. The Hall–Kier alpha value is -3.16. The highest BCUT2D eigenvalue weighted by Crippen LogP contribution is 2.22. The van der Waals surface area contributed by atoms with Crippen molar-refractivity contribution in [2.75, 3.05) is 13.1 Å². The summed E-state index contributed by atoms with van der Waals surface area (Å²) < 4.78 is 4.93. The number of piperidine rings is 1. The number of hydrogen-bond acceptors (Lipinski definition) is 5. The largest absolute Gasteiger partial charge is 0.472 e. The molecule has 2 amide bonds. The molecule has 1 N–H and O–H groups in total. The average molecular weight is 357 g/mol. The molecular weight excluding hydrogens is 338 g/mol. The summed E-state index contributed by atoms with van der Waals surface area (Å²) in [5.41, 5.74) is 1.09. The van der Waals surface area contributed by atoms with E-state index in [1.807, 2.05) is 0 Å². The van der Waals surface area contributed by atoms with Crippen molar-refractivity contribution in [3.8, 4) is 0 Å². The molecule has 2 aromatic rings. The SMILES string of the molecule is Cc1c(C(=O)NC2CCN(C(=O)c3ccoc3)CC2)cccc1[N+](=O)[O-]. The number of likely N-dealkylation sites (tertiary alicyclic amines) is 1. The number of nitro groups is 1. The number of furan rings is 1. The molecule has 1 aliphatic rings. The van der Waals surface area contributed by atoms with Gasteiger partial charge in [0, 0.05) is 36.3 Å². The van der Waals surface area contributed by atoms with Crippen molar-refractivity contribution >= 4 is 17.5 Å². The average Bonchev–Trinajstić information content (AvgIpc) is 3.16. The van der Waals surface area contributed by atoms with Gasteiger partial charge in [0.1, 0.15) is 6.26 Å². The molecule has 26 heavy (non-hydrogen) atoms. The lowest BCUT2D eigenvalue weighted by atomic mass is 10.0. The van der Waals surface area contributed by atoms with E-state index in [0.717, 1.165) is 0 Å². The van der Waals surface area contributed by atoms with E-state index in [1.165, 1.54) is 24.7 Å². The molecule has 1 aromatic heterocycles. The van der Waals surface area contributed by atoms with Crippen LogP contribution in [0, 0.1) is 17.0 Å². The lowest BCUT2D eigenvalue weighted by Crippen LogP contribution is -2.46. The van der Waals surface area contributed by atoms with Gasteiger partial charge in [0.15, 0.2) is 0 Å². The van der Waals surface area contributed by atoms with Gasteiger partial charge in [0.05, 0.1) is 16.7 Å². The maximum absolute atomic E-state index is 12.5. The summed E-state index contributed by atoms with van der Waals surface area (Å²) in [5, 5.41) is 13.9. The zero-order valence-electron chi connectivity index (χ0n) is 14.3. The van der Waals surface area contributed by atoms with E-state index >= 15 is 0 Å². The van der Waals surface area contributed by atoms with E-state index in [2.05, 4.69) is 5.32 Å². The molecule has 136 valence electrons. The Kier molecular flexibility index (Phi) is 5.01. The molecule has 8 heteroatoms. The van der Waals surface area contributed by atoms with Crippen molar-refractivity contribution in [2.24, 2.45) is 0 Å². The fourth-order valence-corrected chi connectivity index (χ4v) is 3.13. The number of nitro benzene ring substituents is 1. The fraction of sp³-hybridized carbons (Fsp3) is 0.333. The topological polar surface area (TPSA) is 106 Å². The highest BCUT2D eigenvalue weighted by molar-refractivity contribution is 5.97. The Morgan fingerprint density at radius 1 is 1.27 bits per heavy atom. The summed E-state index contributed by atoms with van der Waals surface area (Å²) in [4.78, 5) is 37.0. The molecule has 0 atom stereocenters. The molecular formula is C18H19N3O5. The number of nitrogens with zero attached hydrogens (tertiary/aromatic N) is 2. The minimum Gasteiger partial charge on any atom is -0.472 e. The third-order valence-electron chi connectivity index (χ3n) is 4.63. The lowest BCUT2D eigenvalue weighted by molar-refractivity contribution is -0.385. The summed E-state index contributed by atoms with van der Waals surface area (Å²) in [6, 6.07) is 6.02. The summed E-state index contributed by atoms with van der Waals surface area (Å²) >= 11 is 0. The molecule has 1 aromatic carbocycles. The van der Waals surface area contributed by atoms with Gasteiger partial charge >= 0.3 is 0 Å². The van der Waals surface area contributed by atoms with Crippen molar-refractivity contribution < 1.29 is 18.9 Å². The van der Waals surface area contributed by atoms with Gasteiger partial charge in [-0.15, -0.1) is 0 Å². The highest BCUT2D eigenvalue weighted by atomic mass is 16.6. The summed E-state index contributed by atoms with van der Waals surface area (Å²) in [5.74, 6) is -0.413. The van der Waals surface area contributed by atoms with E-state index in [4.69, 9.17) is 4.42 Å². The summed E-state index contributed by atoms with van der Waals surface area (Å²) in [6.07, 6.45) is 4.13. The van der Waals surface area contributed by atoms with Crippen molar-refractivity contribution in [2.45, 2.75) is 25.8 Å². The van der Waals surface area contributed by atoms with Crippen molar-refractivity contribution in [3.63, 3.8) is 0 Å². The number of rotatable bonds is 4. The molecule has 1 saturated heterocycles. The molecule has 0 saturated carbocycles. The Morgan fingerprint density at radius 3 is 2.62 bits per heavy atom. The van der Waals surface area contributed by atoms with Crippen LogP contribution in [0.4, 0.5) is 5.69 Å². The molecule has 0 bridgehead atoms. The number of carbonyl (C=O) groups excluding carboxylic acids is 2. The van der Waals surface area contributed by atoms with Crippen LogP contribution >= 0.6 is 0 Å². The number of carbonyl (C=O) groups is 2. The van der Waals surface area contributed by atoms with Crippen LogP contribution in [0.25, 0.3) is 0 Å². The minimum absolute atomic E-state index is 0.0711. The standard InChI is InChI=1S/C18H19N3O5/c1-12-15(3-2-4-16(12)21(24)25)17(22)19-14-5-8-20(9-6-14)18(23)13-7-10-26-11-13/h2-4,7,10-11,14H,5-6,8-9H2,1H3,(H,19,22). The quantitative estimate of drug-likeness (QED) is 0.668. The minimum atomic E-state index is -0.494. The first kappa shape index (κ1) is 17.7. The molecule has 0 radical (unpaired) electrons. The summed E-state index contributed by atoms with van der Waals surface area (Å²) in [6.45, 7) is 2.63. The second-order valence-corrected chi connectivity index (χ2v) is 6.26. The van der Waals surface area contributed by atoms with Crippen LogP contribution in [0.3, 0.4) is 0 Å². The first-order valence-electron chi connectivity index (χ1n) is 8.33. The first-order valence-corrected chi connectivity index (χ1v) is 8.33. The second-order valence-electron chi connectivity index (χ2n) is 6.26. The van der Waals surface area contributed by atoms with Crippen molar-refractivity contribution in [1.82, 2.24) is 10.2 Å². The zero-order chi connectivity index (χ0) is 18.7. The molecule has 1 aliphatic heterocycles. The van der Waals surface area contributed by atoms with Gasteiger partial charge in [-0.1, -0.05) is 6.07 Å². The van der Waals surface area contributed by atoms with Crippen LogP contribution in [0.5, 0.6) is 0 Å². The van der Waals surface area contributed by atoms with Gasteiger partial charge in [-0.3, -0.25) is 19.7 Å². The number of benzene rings is 1. The maximum Gasteiger partial charge on any atom is 0.273 e. The normalized spacial score (nSPS) is 14.9. The Bertz CT molecular complexity index is 823. The van der Waals surface area contributed by atoms with E-state index in [-0.39, 0.29) is 23.5 Å². The van der Waals surface area contributed by atoms with Crippen LogP contribution in [0.15, 0.2) is 41.2 Å². The third-order valence-corrected chi connectivity index (χ3v) is 4.63. The molecule has 3 rings (SSSR count). The van der Waals surface area contributed by atoms with Crippen LogP contribution in [0.2, 0.25) is 0 Å². The van der Waals surface area contributed by atoms with Gasteiger partial charge in [-0.25, -0.2) is 0 Å². The van der Waals surface area contributed by atoms with Gasteiger partial charge in [-0.2, -0.15) is 0 Å². The molecule has 0 unspecified atom stereocenters. The Balaban J connectivity index is 1.60. The van der Waals surface area contributed by atoms with Crippen LogP contribution < -0.4 is 5.32 Å². The van der Waals surface area contributed by atoms with Gasteiger partial charge in [0.25, 0.3) is 17.5 Å². The predicted molar refractivity (Wildman–Crippen MR) is 92.9 cm³/mol. The second kappa shape index (κ2) is 7.38. The maximum atomic E-state index is 12.5. The van der Waals surface area contributed by atoms with E-state index in [0.29, 0.717) is 42.6 Å². The molecule has 0 aliphatic carbocycles. The molecule has 2 heterocycles. The molecule has 1 fully saturated rings. The lowest BCUT2D eigenvalue weighted by Gasteiger charge is -2.32. The number of hydrogen-bond donors (Lipinski definition) is 1. The van der Waals surface area contributed by atoms with Crippen LogP contribution in [-0.2, 0) is 0 Å². The summed E-state index contributed by atoms with van der Waals surface area (Å²) in [7, 11) is 0. The Labute approximate surface area is 149 Å². The highest BCUT2D eigenvalue weighted by Gasteiger charge is 2.26. The van der Waals surface area contributed by atoms with Crippen molar-refractivity contribution in [3.05, 3.63) is 63.6 Å². The monoisotopic (exact) mass is 357 g/mol. The van der Waals surface area contributed by atoms with E-state index < -0.39 is 4.92 Å². The zero-order valence-corrected chi connectivity index (χ0v) is 14.3.